The second kappa shape index (κ2) is 6.05. The first-order chi connectivity index (χ1) is 9.22. The predicted octanol–water partition coefficient (Wildman–Crippen LogP) is 3.92. The number of benzene rings is 2. The number of para-hydroxylation sites is 2. The van der Waals surface area contributed by atoms with Crippen LogP contribution in [-0.2, 0) is 6.42 Å². The molecule has 0 atom stereocenters. The Hall–Kier alpha value is -2.29. The van der Waals surface area contributed by atoms with Crippen LogP contribution in [0.4, 0.5) is 16.2 Å². The van der Waals surface area contributed by atoms with E-state index in [2.05, 4.69) is 12.2 Å². The molecule has 98 valence electrons. The number of carbonyl (C=O) groups excluding carboxylic acids is 1. The number of urea groups is 1. The Morgan fingerprint density at radius 1 is 1.05 bits per heavy atom. The van der Waals surface area contributed by atoms with E-state index in [0.717, 1.165) is 23.4 Å². The van der Waals surface area contributed by atoms with Crippen LogP contribution < -0.4 is 10.2 Å². The topological polar surface area (TPSA) is 32.3 Å². The van der Waals surface area contributed by atoms with Gasteiger partial charge in [0.2, 0.25) is 0 Å². The Balaban J connectivity index is 2.13. The minimum atomic E-state index is -0.132. The lowest BCUT2D eigenvalue weighted by atomic mass is 10.1. The van der Waals surface area contributed by atoms with Gasteiger partial charge in [-0.3, -0.25) is 4.90 Å². The van der Waals surface area contributed by atoms with Crippen molar-refractivity contribution in [2.75, 3.05) is 17.3 Å². The summed E-state index contributed by atoms with van der Waals surface area (Å²) in [4.78, 5) is 13.8. The Morgan fingerprint density at radius 3 is 2.37 bits per heavy atom. The number of hydrogen-bond acceptors (Lipinski definition) is 1. The van der Waals surface area contributed by atoms with Gasteiger partial charge in [-0.25, -0.2) is 4.79 Å². The Kier molecular flexibility index (Phi) is 4.18. The van der Waals surface area contributed by atoms with E-state index in [-0.39, 0.29) is 6.03 Å². The first-order valence-electron chi connectivity index (χ1n) is 6.40. The lowest BCUT2D eigenvalue weighted by molar-refractivity contribution is 0.258. The van der Waals surface area contributed by atoms with Crippen molar-refractivity contribution in [3.05, 3.63) is 60.2 Å². The minimum absolute atomic E-state index is 0.132. The number of anilines is 2. The molecular weight excluding hydrogens is 236 g/mol. The fourth-order valence-corrected chi connectivity index (χ4v) is 1.92. The van der Waals surface area contributed by atoms with Crippen LogP contribution >= 0.6 is 0 Å². The molecule has 0 spiro atoms. The second-order valence-corrected chi connectivity index (χ2v) is 4.34. The van der Waals surface area contributed by atoms with Crippen LogP contribution in [-0.4, -0.2) is 13.1 Å². The molecular formula is C16H18N2O. The summed E-state index contributed by atoms with van der Waals surface area (Å²) < 4.78 is 0. The van der Waals surface area contributed by atoms with Gasteiger partial charge in [-0.1, -0.05) is 43.3 Å². The molecule has 0 unspecified atom stereocenters. The number of nitrogens with zero attached hydrogens (tertiary/aromatic N) is 1. The fraction of sp³-hybridized carbons (Fsp3) is 0.188. The van der Waals surface area contributed by atoms with Crippen molar-refractivity contribution in [3.8, 4) is 0 Å². The third-order valence-electron chi connectivity index (χ3n) is 3.09. The maximum atomic E-state index is 12.2. The molecule has 0 heterocycles. The zero-order valence-corrected chi connectivity index (χ0v) is 11.3. The predicted molar refractivity (Wildman–Crippen MR) is 79.7 cm³/mol. The van der Waals surface area contributed by atoms with Crippen molar-refractivity contribution in [2.45, 2.75) is 13.3 Å². The molecule has 0 aliphatic rings. The summed E-state index contributed by atoms with van der Waals surface area (Å²) in [5, 5.41) is 2.95. The molecule has 0 aliphatic heterocycles. The normalized spacial score (nSPS) is 10.0. The summed E-state index contributed by atoms with van der Waals surface area (Å²) in [6, 6.07) is 17.3. The number of aryl methyl sites for hydroxylation is 1. The van der Waals surface area contributed by atoms with Gasteiger partial charge in [0.15, 0.2) is 0 Å². The molecule has 2 amide bonds. The molecule has 2 rings (SSSR count). The summed E-state index contributed by atoms with van der Waals surface area (Å²) in [5.41, 5.74) is 2.88. The molecule has 3 nitrogen and oxygen atoms in total. The van der Waals surface area contributed by atoms with E-state index < -0.39 is 0 Å². The molecule has 0 aliphatic carbocycles. The van der Waals surface area contributed by atoms with E-state index in [1.165, 1.54) is 0 Å². The lowest BCUT2D eigenvalue weighted by Crippen LogP contribution is -2.31. The highest BCUT2D eigenvalue weighted by atomic mass is 16.2. The molecule has 0 saturated heterocycles. The van der Waals surface area contributed by atoms with Gasteiger partial charge in [-0.15, -0.1) is 0 Å². The molecule has 3 heteroatoms. The maximum absolute atomic E-state index is 12.2. The summed E-state index contributed by atoms with van der Waals surface area (Å²) in [5.74, 6) is 0. The van der Waals surface area contributed by atoms with E-state index in [1.54, 1.807) is 11.9 Å². The second-order valence-electron chi connectivity index (χ2n) is 4.34. The zero-order chi connectivity index (χ0) is 13.7. The average molecular weight is 254 g/mol. The third-order valence-corrected chi connectivity index (χ3v) is 3.09. The van der Waals surface area contributed by atoms with Gasteiger partial charge >= 0.3 is 6.03 Å². The number of rotatable bonds is 3. The third kappa shape index (κ3) is 3.13. The van der Waals surface area contributed by atoms with Crippen molar-refractivity contribution in [1.82, 2.24) is 0 Å². The smallest absolute Gasteiger partial charge is 0.307 e. The molecule has 2 aromatic carbocycles. The highest BCUT2D eigenvalue weighted by Gasteiger charge is 2.11. The number of amides is 2. The van der Waals surface area contributed by atoms with Crippen LogP contribution in [0.3, 0.4) is 0 Å². The molecule has 0 fully saturated rings. The zero-order valence-electron chi connectivity index (χ0n) is 11.3. The Labute approximate surface area is 113 Å². The van der Waals surface area contributed by atoms with Crippen molar-refractivity contribution in [3.63, 3.8) is 0 Å². The molecule has 19 heavy (non-hydrogen) atoms. The van der Waals surface area contributed by atoms with Crippen molar-refractivity contribution in [2.24, 2.45) is 0 Å². The van der Waals surface area contributed by atoms with E-state index in [0.29, 0.717) is 0 Å². The van der Waals surface area contributed by atoms with Gasteiger partial charge in [-0.05, 0) is 30.2 Å². The minimum Gasteiger partial charge on any atom is -0.307 e. The highest BCUT2D eigenvalue weighted by Crippen LogP contribution is 2.18. The fourth-order valence-electron chi connectivity index (χ4n) is 1.92. The van der Waals surface area contributed by atoms with Gasteiger partial charge < -0.3 is 5.32 Å². The maximum Gasteiger partial charge on any atom is 0.326 e. The summed E-state index contributed by atoms with van der Waals surface area (Å²) >= 11 is 0. The van der Waals surface area contributed by atoms with Gasteiger partial charge in [0.05, 0.1) is 0 Å². The lowest BCUT2D eigenvalue weighted by Gasteiger charge is -2.19. The standard InChI is InChI=1S/C16H18N2O/c1-3-13-9-7-8-12-15(13)17-16(19)18(2)14-10-5-4-6-11-14/h4-12H,3H2,1-2H3,(H,17,19). The number of nitrogens with one attached hydrogen (secondary N) is 1. The SMILES string of the molecule is CCc1ccccc1NC(=O)N(C)c1ccccc1. The number of hydrogen-bond donors (Lipinski definition) is 1. The van der Waals surface area contributed by atoms with E-state index in [1.807, 2.05) is 54.6 Å². The summed E-state index contributed by atoms with van der Waals surface area (Å²) in [7, 11) is 1.76. The van der Waals surface area contributed by atoms with Crippen LogP contribution in [0.1, 0.15) is 12.5 Å². The quantitative estimate of drug-likeness (QED) is 0.884. The van der Waals surface area contributed by atoms with Gasteiger partial charge in [0, 0.05) is 18.4 Å². The van der Waals surface area contributed by atoms with Crippen molar-refractivity contribution >= 4 is 17.4 Å². The van der Waals surface area contributed by atoms with E-state index in [4.69, 9.17) is 0 Å². The number of carbonyl (C=O) groups is 1. The van der Waals surface area contributed by atoms with Crippen molar-refractivity contribution in [1.29, 1.82) is 0 Å². The van der Waals surface area contributed by atoms with Gasteiger partial charge in [0.25, 0.3) is 0 Å². The van der Waals surface area contributed by atoms with Crippen LogP contribution in [0.25, 0.3) is 0 Å². The van der Waals surface area contributed by atoms with Crippen molar-refractivity contribution < 1.29 is 4.79 Å². The van der Waals surface area contributed by atoms with Gasteiger partial charge in [-0.2, -0.15) is 0 Å². The molecule has 1 N–H and O–H groups in total. The summed E-state index contributed by atoms with van der Waals surface area (Å²) in [6.45, 7) is 2.08. The van der Waals surface area contributed by atoms with E-state index in [9.17, 15) is 4.79 Å². The first-order valence-corrected chi connectivity index (χ1v) is 6.40. The largest absolute Gasteiger partial charge is 0.326 e. The molecule has 0 aromatic heterocycles. The highest BCUT2D eigenvalue weighted by molar-refractivity contribution is 6.01. The monoisotopic (exact) mass is 254 g/mol. The first kappa shape index (κ1) is 13.1. The molecule has 0 bridgehead atoms. The summed E-state index contributed by atoms with van der Waals surface area (Å²) in [6.07, 6.45) is 0.894. The van der Waals surface area contributed by atoms with Crippen LogP contribution in [0.5, 0.6) is 0 Å². The Bertz CT molecular complexity index is 552. The van der Waals surface area contributed by atoms with E-state index >= 15 is 0 Å². The Morgan fingerprint density at radius 2 is 1.68 bits per heavy atom. The van der Waals surface area contributed by atoms with Crippen LogP contribution in [0.2, 0.25) is 0 Å². The van der Waals surface area contributed by atoms with Crippen LogP contribution in [0.15, 0.2) is 54.6 Å². The average Bonchev–Trinajstić information content (AvgIpc) is 2.48. The molecule has 0 saturated carbocycles. The van der Waals surface area contributed by atoms with Gasteiger partial charge in [0.1, 0.15) is 0 Å². The molecule has 0 radical (unpaired) electrons. The van der Waals surface area contributed by atoms with Crippen LogP contribution in [0, 0.1) is 0 Å². The molecule has 2 aromatic rings.